The zero-order chi connectivity index (χ0) is 29.4. The van der Waals surface area contributed by atoms with Crippen molar-refractivity contribution in [2.45, 2.75) is 12.8 Å². The lowest BCUT2D eigenvalue weighted by Gasteiger charge is -2.17. The van der Waals surface area contributed by atoms with E-state index in [-0.39, 0.29) is 63.2 Å². The lowest BCUT2D eigenvalue weighted by Crippen LogP contribution is -2.24. The number of benzene rings is 1. The molecule has 0 atom stereocenters. The van der Waals surface area contributed by atoms with Gasteiger partial charge in [0.15, 0.2) is 5.75 Å². The molecule has 11 nitrogen and oxygen atoms in total. The second-order valence-corrected chi connectivity index (χ2v) is 8.73. The molecule has 0 aliphatic heterocycles. The highest BCUT2D eigenvalue weighted by Gasteiger charge is 2.30. The van der Waals surface area contributed by atoms with Gasteiger partial charge in [0.25, 0.3) is 11.8 Å². The molecule has 194 valence electrons. The number of aryl methyl sites for hydroxylation is 1. The van der Waals surface area contributed by atoms with E-state index in [0.29, 0.717) is 0 Å². The summed E-state index contributed by atoms with van der Waals surface area (Å²) in [6.45, 7) is -2.78. The van der Waals surface area contributed by atoms with E-state index in [9.17, 15) is 18.8 Å². The molecule has 37 heavy (non-hydrogen) atoms. The third-order valence-corrected chi connectivity index (χ3v) is 5.77. The highest BCUT2D eigenvalue weighted by molar-refractivity contribution is 6.02. The number of nitrogens with zero attached hydrogens (tertiary/aromatic N) is 4. The molecule has 0 saturated heterocycles. The van der Waals surface area contributed by atoms with Crippen molar-refractivity contribution in [3.63, 3.8) is 0 Å². The Kier molecular flexibility index (Phi) is 6.03. The molecule has 12 heteroatoms. The zero-order valence-electron chi connectivity index (χ0n) is 23.7. The van der Waals surface area contributed by atoms with Gasteiger partial charge in [-0.05, 0) is 25.0 Å². The first-order valence-corrected chi connectivity index (χ1v) is 11.3. The molecule has 1 saturated carbocycles. The summed E-state index contributed by atoms with van der Waals surface area (Å²) in [7, 11) is 6.12. The molecule has 3 aromatic rings. The van der Waals surface area contributed by atoms with Crippen molar-refractivity contribution in [2.75, 3.05) is 38.8 Å². The van der Waals surface area contributed by atoms with Gasteiger partial charge in [-0.15, -0.1) is 0 Å². The summed E-state index contributed by atoms with van der Waals surface area (Å²) in [6, 6.07) is 5.14. The van der Waals surface area contributed by atoms with Crippen LogP contribution in [0.4, 0.5) is 21.6 Å². The highest BCUT2D eigenvalue weighted by atomic mass is 19.1. The molecule has 1 fully saturated rings. The molecule has 3 amide bonds. The standard InChI is InChI=1S/C25H28FN7O4/c1-27-24(35)16-12-28-21(30-23(34)13-6-7-13)11-17(16)29-19-9-14(26)8-15(22(19)37-5)18-10-20(33(4)31-18)25(36)32(2)3/h8-13H,6-7H2,1-5H3,(H,27,35)(H2,28,29,30,34)/i1D3. The number of pyridine rings is 1. The number of carbonyl (C=O) groups is 3. The fraction of sp³-hybridized carbons (Fsp3) is 0.320. The molecule has 0 bridgehead atoms. The maximum absolute atomic E-state index is 14.9. The summed E-state index contributed by atoms with van der Waals surface area (Å²) in [6.07, 6.45) is 2.62. The minimum Gasteiger partial charge on any atom is -0.494 e. The third-order valence-electron chi connectivity index (χ3n) is 5.77. The van der Waals surface area contributed by atoms with E-state index < -0.39 is 18.7 Å². The van der Waals surface area contributed by atoms with Crippen molar-refractivity contribution >= 4 is 34.9 Å². The minimum absolute atomic E-state index is 0.0298. The number of amides is 3. The van der Waals surface area contributed by atoms with Gasteiger partial charge in [-0.25, -0.2) is 9.37 Å². The molecular weight excluding hydrogens is 481 g/mol. The predicted molar refractivity (Wildman–Crippen MR) is 135 cm³/mol. The number of halogens is 1. The van der Waals surface area contributed by atoms with Gasteiger partial charge in [0, 0.05) is 62.0 Å². The molecule has 2 heterocycles. The Morgan fingerprint density at radius 1 is 1.19 bits per heavy atom. The Morgan fingerprint density at radius 2 is 1.95 bits per heavy atom. The maximum atomic E-state index is 14.9. The quantitative estimate of drug-likeness (QED) is 0.423. The summed E-state index contributed by atoms with van der Waals surface area (Å²) in [5.41, 5.74) is 0.641. The van der Waals surface area contributed by atoms with E-state index in [1.165, 1.54) is 34.9 Å². The molecule has 1 aliphatic carbocycles. The number of anilines is 3. The van der Waals surface area contributed by atoms with Crippen LogP contribution in [0.1, 0.15) is 37.8 Å². The lowest BCUT2D eigenvalue weighted by atomic mass is 10.1. The van der Waals surface area contributed by atoms with Gasteiger partial charge >= 0.3 is 0 Å². The molecule has 1 aromatic carbocycles. The molecule has 0 radical (unpaired) electrons. The average Bonchev–Trinajstić information content (AvgIpc) is 3.64. The fourth-order valence-corrected chi connectivity index (χ4v) is 3.72. The first kappa shape index (κ1) is 21.8. The number of carbonyl (C=O) groups excluding carboxylic acids is 3. The van der Waals surface area contributed by atoms with Crippen molar-refractivity contribution in [3.05, 3.63) is 47.5 Å². The Morgan fingerprint density at radius 3 is 2.59 bits per heavy atom. The second kappa shape index (κ2) is 10.2. The fourth-order valence-electron chi connectivity index (χ4n) is 3.72. The van der Waals surface area contributed by atoms with E-state index in [4.69, 9.17) is 8.85 Å². The summed E-state index contributed by atoms with van der Waals surface area (Å²) < 4.78 is 44.0. The molecule has 3 N–H and O–H groups in total. The van der Waals surface area contributed by atoms with Crippen LogP contribution in [0.15, 0.2) is 30.5 Å². The second-order valence-electron chi connectivity index (χ2n) is 8.73. The first-order valence-electron chi connectivity index (χ1n) is 12.8. The predicted octanol–water partition coefficient (Wildman–Crippen LogP) is 2.78. The number of ether oxygens (including phenoxy) is 1. The van der Waals surface area contributed by atoms with Gasteiger partial charge in [-0.3, -0.25) is 19.1 Å². The molecule has 0 unspecified atom stereocenters. The smallest absolute Gasteiger partial charge is 0.271 e. The van der Waals surface area contributed by atoms with E-state index in [2.05, 4.69) is 20.7 Å². The van der Waals surface area contributed by atoms with Crippen LogP contribution in [0.2, 0.25) is 0 Å². The van der Waals surface area contributed by atoms with Crippen molar-refractivity contribution in [3.8, 4) is 17.0 Å². The van der Waals surface area contributed by atoms with E-state index in [1.807, 2.05) is 5.32 Å². The molecule has 4 rings (SSSR count). The largest absolute Gasteiger partial charge is 0.494 e. The number of hydrogen-bond acceptors (Lipinski definition) is 7. The van der Waals surface area contributed by atoms with Crippen LogP contribution in [-0.4, -0.2) is 65.6 Å². The van der Waals surface area contributed by atoms with Crippen LogP contribution in [0.25, 0.3) is 11.3 Å². The molecular formula is C25H28FN7O4. The number of methoxy groups -OCH3 is 1. The molecule has 1 aliphatic rings. The topological polar surface area (TPSA) is 130 Å². The van der Waals surface area contributed by atoms with Gasteiger partial charge in [-0.1, -0.05) is 0 Å². The monoisotopic (exact) mass is 512 g/mol. The minimum atomic E-state index is -2.78. The Bertz CT molecular complexity index is 1490. The van der Waals surface area contributed by atoms with Crippen LogP contribution < -0.4 is 20.7 Å². The van der Waals surface area contributed by atoms with Gasteiger partial charge in [0.2, 0.25) is 5.91 Å². The first-order chi connectivity index (χ1) is 18.8. The number of nitrogens with one attached hydrogen (secondary N) is 3. The molecule has 2 aromatic heterocycles. The van der Waals surface area contributed by atoms with Crippen molar-refractivity contribution < 1.29 is 27.6 Å². The number of hydrogen-bond donors (Lipinski definition) is 3. The van der Waals surface area contributed by atoms with Gasteiger partial charge in [0.05, 0.1) is 29.7 Å². The SMILES string of the molecule is [2H]C([2H])([2H])NC(=O)c1cnc(NC(=O)C2CC2)cc1Nc1cc(F)cc(-c2cc(C(=O)N(C)C)n(C)n2)c1OC. The van der Waals surface area contributed by atoms with Crippen LogP contribution >= 0.6 is 0 Å². The van der Waals surface area contributed by atoms with Crippen LogP contribution in [0.3, 0.4) is 0 Å². The van der Waals surface area contributed by atoms with E-state index in [0.717, 1.165) is 25.1 Å². The van der Waals surface area contributed by atoms with Crippen LogP contribution in [0, 0.1) is 11.7 Å². The van der Waals surface area contributed by atoms with Crippen molar-refractivity contribution in [1.82, 2.24) is 25.0 Å². The van der Waals surface area contributed by atoms with Crippen LogP contribution in [-0.2, 0) is 11.8 Å². The Labute approximate surface area is 217 Å². The number of rotatable bonds is 8. The zero-order valence-corrected chi connectivity index (χ0v) is 20.7. The average molecular weight is 513 g/mol. The van der Waals surface area contributed by atoms with Crippen molar-refractivity contribution in [2.24, 2.45) is 13.0 Å². The summed E-state index contributed by atoms with van der Waals surface area (Å²) in [5, 5.41) is 11.8. The maximum Gasteiger partial charge on any atom is 0.271 e. The summed E-state index contributed by atoms with van der Waals surface area (Å²) >= 11 is 0. The van der Waals surface area contributed by atoms with Crippen LogP contribution in [0.5, 0.6) is 5.75 Å². The highest BCUT2D eigenvalue weighted by Crippen LogP contribution is 2.39. The molecule has 0 spiro atoms. The Balaban J connectivity index is 1.78. The third kappa shape index (κ3) is 5.37. The van der Waals surface area contributed by atoms with E-state index in [1.54, 1.807) is 21.1 Å². The summed E-state index contributed by atoms with van der Waals surface area (Å²) in [4.78, 5) is 43.1. The van der Waals surface area contributed by atoms with Gasteiger partial charge in [-0.2, -0.15) is 5.10 Å². The summed E-state index contributed by atoms with van der Waals surface area (Å²) in [5.74, 6) is -2.08. The lowest BCUT2D eigenvalue weighted by molar-refractivity contribution is -0.117. The van der Waals surface area contributed by atoms with Crippen molar-refractivity contribution in [1.29, 1.82) is 0 Å². The Hall–Kier alpha value is -4.48. The van der Waals surface area contributed by atoms with Gasteiger partial charge in [0.1, 0.15) is 17.3 Å². The normalized spacial score (nSPS) is 14.1. The van der Waals surface area contributed by atoms with E-state index >= 15 is 0 Å². The number of aromatic nitrogens is 3. The van der Waals surface area contributed by atoms with Gasteiger partial charge < -0.3 is 25.6 Å².